The van der Waals surface area contributed by atoms with Crippen LogP contribution in [0.3, 0.4) is 0 Å². The molecule has 1 saturated heterocycles. The third-order valence-electron chi connectivity index (χ3n) is 5.08. The molecule has 1 aliphatic carbocycles. The van der Waals surface area contributed by atoms with E-state index in [9.17, 15) is 9.59 Å². The lowest BCUT2D eigenvalue weighted by Crippen LogP contribution is -2.29. The van der Waals surface area contributed by atoms with Gasteiger partial charge in [0.05, 0.1) is 5.69 Å². The number of carbonyl (C=O) groups is 1. The Bertz CT molecular complexity index is 849. The molecule has 2 aromatic heterocycles. The van der Waals surface area contributed by atoms with E-state index in [1.807, 2.05) is 31.3 Å². The van der Waals surface area contributed by atoms with Crippen molar-refractivity contribution in [3.63, 3.8) is 0 Å². The fraction of sp³-hybridized carbons (Fsp3) is 0.500. The number of aromatic amines is 2. The SMILES string of the molecule is CN(C)c1nc(C2CCN(C(=O)c3[nH]ccc3C3CC3)C2)cc(=O)[nH]1. The van der Waals surface area contributed by atoms with Crippen LogP contribution in [-0.2, 0) is 0 Å². The van der Waals surface area contributed by atoms with Crippen molar-refractivity contribution in [1.29, 1.82) is 0 Å². The zero-order chi connectivity index (χ0) is 17.6. The number of rotatable bonds is 4. The van der Waals surface area contributed by atoms with Gasteiger partial charge in [-0.3, -0.25) is 14.6 Å². The molecule has 1 unspecified atom stereocenters. The Hall–Kier alpha value is -2.57. The van der Waals surface area contributed by atoms with Gasteiger partial charge >= 0.3 is 0 Å². The fourth-order valence-electron chi connectivity index (χ4n) is 3.53. The highest BCUT2D eigenvalue weighted by molar-refractivity contribution is 5.94. The molecule has 25 heavy (non-hydrogen) atoms. The molecular weight excluding hydrogens is 318 g/mol. The second-order valence-electron chi connectivity index (χ2n) is 7.21. The number of likely N-dealkylation sites (tertiary alicyclic amines) is 1. The van der Waals surface area contributed by atoms with Crippen molar-refractivity contribution in [2.75, 3.05) is 32.1 Å². The largest absolute Gasteiger partial charge is 0.357 e. The first-order chi connectivity index (χ1) is 12.0. The zero-order valence-corrected chi connectivity index (χ0v) is 14.6. The topological polar surface area (TPSA) is 85.1 Å². The van der Waals surface area contributed by atoms with Crippen LogP contribution in [0.5, 0.6) is 0 Å². The minimum atomic E-state index is -0.154. The molecule has 2 aromatic rings. The van der Waals surface area contributed by atoms with E-state index in [-0.39, 0.29) is 17.4 Å². The van der Waals surface area contributed by atoms with Gasteiger partial charge in [0.25, 0.3) is 11.5 Å². The number of hydrogen-bond donors (Lipinski definition) is 2. The number of anilines is 1. The van der Waals surface area contributed by atoms with Crippen LogP contribution in [-0.4, -0.2) is 52.9 Å². The Morgan fingerprint density at radius 3 is 2.80 bits per heavy atom. The number of nitrogens with one attached hydrogen (secondary N) is 2. The maximum Gasteiger partial charge on any atom is 0.270 e. The molecule has 7 heteroatoms. The fourth-order valence-corrected chi connectivity index (χ4v) is 3.53. The third-order valence-corrected chi connectivity index (χ3v) is 5.08. The van der Waals surface area contributed by atoms with Crippen molar-refractivity contribution >= 4 is 11.9 Å². The summed E-state index contributed by atoms with van der Waals surface area (Å²) in [7, 11) is 3.69. The number of aromatic nitrogens is 3. The second kappa shape index (κ2) is 6.06. The van der Waals surface area contributed by atoms with Gasteiger partial charge in [0.1, 0.15) is 5.69 Å². The summed E-state index contributed by atoms with van der Waals surface area (Å²) in [6.45, 7) is 1.30. The molecule has 0 radical (unpaired) electrons. The van der Waals surface area contributed by atoms with Crippen molar-refractivity contribution in [2.45, 2.75) is 31.1 Å². The van der Waals surface area contributed by atoms with E-state index in [1.165, 1.54) is 12.8 Å². The second-order valence-corrected chi connectivity index (χ2v) is 7.21. The highest BCUT2D eigenvalue weighted by Crippen LogP contribution is 2.42. The lowest BCUT2D eigenvalue weighted by molar-refractivity contribution is 0.0784. The van der Waals surface area contributed by atoms with Crippen LogP contribution in [0.25, 0.3) is 0 Å². The summed E-state index contributed by atoms with van der Waals surface area (Å²) in [4.78, 5) is 38.8. The van der Waals surface area contributed by atoms with Gasteiger partial charge in [0.15, 0.2) is 0 Å². The van der Waals surface area contributed by atoms with Crippen molar-refractivity contribution < 1.29 is 4.79 Å². The van der Waals surface area contributed by atoms with Crippen LogP contribution < -0.4 is 10.5 Å². The molecule has 2 fully saturated rings. The molecule has 4 rings (SSSR count). The van der Waals surface area contributed by atoms with Gasteiger partial charge in [0.2, 0.25) is 5.95 Å². The van der Waals surface area contributed by atoms with E-state index < -0.39 is 0 Å². The number of hydrogen-bond acceptors (Lipinski definition) is 4. The molecule has 2 N–H and O–H groups in total. The Balaban J connectivity index is 1.52. The number of H-pyrrole nitrogens is 2. The van der Waals surface area contributed by atoms with E-state index >= 15 is 0 Å². The predicted octanol–water partition coefficient (Wildman–Crippen LogP) is 1.67. The summed E-state index contributed by atoms with van der Waals surface area (Å²) >= 11 is 0. The smallest absolute Gasteiger partial charge is 0.270 e. The molecule has 132 valence electrons. The molecule has 1 aliphatic heterocycles. The quantitative estimate of drug-likeness (QED) is 0.886. The molecule has 1 atom stereocenters. The van der Waals surface area contributed by atoms with Crippen molar-refractivity contribution in [3.05, 3.63) is 45.6 Å². The van der Waals surface area contributed by atoms with Gasteiger partial charge in [-0.1, -0.05) is 0 Å². The normalized spacial score (nSPS) is 20.1. The first kappa shape index (κ1) is 15.9. The standard InChI is InChI=1S/C18H23N5O2/c1-22(2)18-20-14(9-15(24)21-18)12-6-8-23(10-12)17(25)16-13(5-7-19-16)11-3-4-11/h5,7,9,11-12,19H,3-4,6,8,10H2,1-2H3,(H,20,21,24). The monoisotopic (exact) mass is 341 g/mol. The molecule has 0 spiro atoms. The lowest BCUT2D eigenvalue weighted by atomic mass is 10.0. The van der Waals surface area contributed by atoms with Crippen LogP contribution in [0.1, 0.15) is 52.8 Å². The van der Waals surface area contributed by atoms with Crippen molar-refractivity contribution in [3.8, 4) is 0 Å². The molecular formula is C18H23N5O2. The van der Waals surface area contributed by atoms with Crippen LogP contribution >= 0.6 is 0 Å². The maximum absolute atomic E-state index is 12.9. The average molecular weight is 341 g/mol. The summed E-state index contributed by atoms with van der Waals surface area (Å²) in [5, 5.41) is 0. The maximum atomic E-state index is 12.9. The summed E-state index contributed by atoms with van der Waals surface area (Å²) < 4.78 is 0. The molecule has 2 aliphatic rings. The number of nitrogens with zero attached hydrogens (tertiary/aromatic N) is 3. The highest BCUT2D eigenvalue weighted by Gasteiger charge is 2.34. The Morgan fingerprint density at radius 2 is 2.08 bits per heavy atom. The van der Waals surface area contributed by atoms with E-state index in [0.717, 1.165) is 23.4 Å². The molecule has 7 nitrogen and oxygen atoms in total. The van der Waals surface area contributed by atoms with E-state index in [2.05, 4.69) is 15.0 Å². The van der Waals surface area contributed by atoms with Gasteiger partial charge < -0.3 is 14.8 Å². The van der Waals surface area contributed by atoms with Crippen molar-refractivity contribution in [1.82, 2.24) is 19.9 Å². The van der Waals surface area contributed by atoms with Gasteiger partial charge in [0, 0.05) is 45.4 Å². The van der Waals surface area contributed by atoms with Crippen LogP contribution in [0.15, 0.2) is 23.1 Å². The number of amides is 1. The zero-order valence-electron chi connectivity index (χ0n) is 14.6. The molecule has 1 saturated carbocycles. The molecule has 3 heterocycles. The van der Waals surface area contributed by atoms with Crippen molar-refractivity contribution in [2.24, 2.45) is 0 Å². The Labute approximate surface area is 146 Å². The summed E-state index contributed by atoms with van der Waals surface area (Å²) in [5.41, 5.74) is 2.49. The minimum Gasteiger partial charge on any atom is -0.357 e. The first-order valence-corrected chi connectivity index (χ1v) is 8.78. The molecule has 0 aromatic carbocycles. The van der Waals surface area contributed by atoms with Gasteiger partial charge in [-0.25, -0.2) is 4.98 Å². The summed E-state index contributed by atoms with van der Waals surface area (Å²) in [6.07, 6.45) is 5.03. The number of carbonyl (C=O) groups excluding carboxylic acids is 1. The van der Waals surface area contributed by atoms with Crippen LogP contribution in [0, 0.1) is 0 Å². The lowest BCUT2D eigenvalue weighted by Gasteiger charge is -2.17. The predicted molar refractivity (Wildman–Crippen MR) is 95.2 cm³/mol. The van der Waals surface area contributed by atoms with Gasteiger partial charge in [-0.2, -0.15) is 0 Å². The van der Waals surface area contributed by atoms with Crippen LogP contribution in [0.2, 0.25) is 0 Å². The Kier molecular flexibility index (Phi) is 3.86. The van der Waals surface area contributed by atoms with Crippen LogP contribution in [0.4, 0.5) is 5.95 Å². The molecule has 0 bridgehead atoms. The average Bonchev–Trinajstić information content (AvgIpc) is 3.12. The summed E-state index contributed by atoms with van der Waals surface area (Å²) in [6, 6.07) is 3.58. The summed E-state index contributed by atoms with van der Waals surface area (Å²) in [5.74, 6) is 1.25. The third kappa shape index (κ3) is 3.06. The van der Waals surface area contributed by atoms with E-state index in [1.54, 1.807) is 11.0 Å². The highest BCUT2D eigenvalue weighted by atomic mass is 16.2. The van der Waals surface area contributed by atoms with Gasteiger partial charge in [-0.15, -0.1) is 0 Å². The van der Waals surface area contributed by atoms with E-state index in [4.69, 9.17) is 0 Å². The Morgan fingerprint density at radius 1 is 1.28 bits per heavy atom. The first-order valence-electron chi connectivity index (χ1n) is 8.78. The van der Waals surface area contributed by atoms with E-state index in [0.29, 0.717) is 25.0 Å². The molecule has 1 amide bonds. The minimum absolute atomic E-state index is 0.0621. The van der Waals surface area contributed by atoms with Gasteiger partial charge in [-0.05, 0) is 36.8 Å².